The highest BCUT2D eigenvalue weighted by Crippen LogP contribution is 2.29. The Kier molecular flexibility index (Phi) is 2.76. The standard InChI is InChI=1S/C18H15N3O/c1-12-8-9-13(11-14(12)17-7-4-10-22-17)21-16-6-3-2-5-15(16)20-18(21)19/h2-11H,1H3,(H2,19,20). The van der Waals surface area contributed by atoms with E-state index in [1.54, 1.807) is 6.26 Å². The first-order valence-corrected chi connectivity index (χ1v) is 7.12. The molecule has 0 saturated carbocycles. The van der Waals surface area contributed by atoms with Gasteiger partial charge in [-0.1, -0.05) is 18.2 Å². The van der Waals surface area contributed by atoms with E-state index in [0.29, 0.717) is 5.95 Å². The third-order valence-electron chi connectivity index (χ3n) is 3.85. The number of rotatable bonds is 2. The summed E-state index contributed by atoms with van der Waals surface area (Å²) >= 11 is 0. The fourth-order valence-electron chi connectivity index (χ4n) is 2.76. The van der Waals surface area contributed by atoms with Gasteiger partial charge in [0.2, 0.25) is 5.95 Å². The zero-order valence-corrected chi connectivity index (χ0v) is 12.2. The molecule has 0 saturated heterocycles. The molecule has 0 aliphatic heterocycles. The van der Waals surface area contributed by atoms with Gasteiger partial charge >= 0.3 is 0 Å². The summed E-state index contributed by atoms with van der Waals surface area (Å²) in [7, 11) is 0. The SMILES string of the molecule is Cc1ccc(-n2c(N)nc3ccccc32)cc1-c1ccco1. The van der Waals surface area contributed by atoms with Gasteiger partial charge in [0, 0.05) is 11.3 Å². The Hall–Kier alpha value is -3.01. The van der Waals surface area contributed by atoms with Crippen molar-refractivity contribution in [2.24, 2.45) is 0 Å². The van der Waals surface area contributed by atoms with Crippen LogP contribution in [0.15, 0.2) is 65.3 Å². The maximum atomic E-state index is 6.12. The van der Waals surface area contributed by atoms with Gasteiger partial charge in [0.25, 0.3) is 0 Å². The Bertz CT molecular complexity index is 952. The average Bonchev–Trinajstić information content (AvgIpc) is 3.15. The number of nitrogen functional groups attached to an aromatic ring is 1. The quantitative estimate of drug-likeness (QED) is 0.602. The van der Waals surface area contributed by atoms with E-state index < -0.39 is 0 Å². The van der Waals surface area contributed by atoms with E-state index in [-0.39, 0.29) is 0 Å². The Morgan fingerprint density at radius 2 is 1.91 bits per heavy atom. The van der Waals surface area contributed by atoms with Gasteiger partial charge in [-0.15, -0.1) is 0 Å². The van der Waals surface area contributed by atoms with E-state index in [1.165, 1.54) is 0 Å². The first-order valence-electron chi connectivity index (χ1n) is 7.12. The number of hydrogen-bond acceptors (Lipinski definition) is 3. The molecule has 0 unspecified atom stereocenters. The van der Waals surface area contributed by atoms with Gasteiger partial charge in [-0.3, -0.25) is 4.57 Å². The minimum Gasteiger partial charge on any atom is -0.464 e. The summed E-state index contributed by atoms with van der Waals surface area (Å²) in [5.74, 6) is 1.33. The summed E-state index contributed by atoms with van der Waals surface area (Å²) in [6.45, 7) is 2.07. The van der Waals surface area contributed by atoms with Crippen molar-refractivity contribution in [3.05, 3.63) is 66.4 Å². The second-order valence-electron chi connectivity index (χ2n) is 5.27. The van der Waals surface area contributed by atoms with Crippen molar-refractivity contribution in [1.29, 1.82) is 0 Å². The minimum atomic E-state index is 0.482. The van der Waals surface area contributed by atoms with Gasteiger partial charge in [-0.2, -0.15) is 0 Å². The first kappa shape index (κ1) is 12.7. The summed E-state index contributed by atoms with van der Waals surface area (Å²) < 4.78 is 7.49. The van der Waals surface area contributed by atoms with E-state index in [0.717, 1.165) is 33.6 Å². The Balaban J connectivity index is 1.96. The molecule has 2 N–H and O–H groups in total. The molecule has 0 bridgehead atoms. The molecule has 0 aliphatic rings. The molecule has 0 radical (unpaired) electrons. The second kappa shape index (κ2) is 4.77. The van der Waals surface area contributed by atoms with Gasteiger partial charge in [0.15, 0.2) is 0 Å². The van der Waals surface area contributed by atoms with Crippen molar-refractivity contribution < 1.29 is 4.42 Å². The third-order valence-corrected chi connectivity index (χ3v) is 3.85. The average molecular weight is 289 g/mol. The number of para-hydroxylation sites is 2. The van der Waals surface area contributed by atoms with Crippen LogP contribution in [-0.4, -0.2) is 9.55 Å². The molecule has 4 nitrogen and oxygen atoms in total. The number of nitrogens with zero attached hydrogens (tertiary/aromatic N) is 2. The van der Waals surface area contributed by atoms with Crippen molar-refractivity contribution in [2.75, 3.05) is 5.73 Å². The predicted molar refractivity (Wildman–Crippen MR) is 87.9 cm³/mol. The van der Waals surface area contributed by atoms with Crippen LogP contribution < -0.4 is 5.73 Å². The molecule has 4 heteroatoms. The molecule has 22 heavy (non-hydrogen) atoms. The smallest absolute Gasteiger partial charge is 0.205 e. The number of furan rings is 1. The molecule has 2 aromatic carbocycles. The first-order chi connectivity index (χ1) is 10.7. The van der Waals surface area contributed by atoms with E-state index >= 15 is 0 Å². The van der Waals surface area contributed by atoms with Crippen molar-refractivity contribution in [3.8, 4) is 17.0 Å². The van der Waals surface area contributed by atoms with Gasteiger partial charge in [-0.05, 0) is 48.9 Å². The number of fused-ring (bicyclic) bond motifs is 1. The van der Waals surface area contributed by atoms with E-state index in [4.69, 9.17) is 10.2 Å². The molecule has 0 aliphatic carbocycles. The molecular formula is C18H15N3O. The highest BCUT2D eigenvalue weighted by atomic mass is 16.3. The molecular weight excluding hydrogens is 274 g/mol. The monoisotopic (exact) mass is 289 g/mol. The minimum absolute atomic E-state index is 0.482. The number of benzene rings is 2. The maximum absolute atomic E-state index is 6.12. The Labute approximate surface area is 127 Å². The van der Waals surface area contributed by atoms with E-state index in [9.17, 15) is 0 Å². The van der Waals surface area contributed by atoms with Crippen molar-refractivity contribution in [1.82, 2.24) is 9.55 Å². The van der Waals surface area contributed by atoms with Crippen molar-refractivity contribution >= 4 is 17.0 Å². The lowest BCUT2D eigenvalue weighted by atomic mass is 10.1. The summed E-state index contributed by atoms with van der Waals surface area (Å²) in [5.41, 5.74) is 11.2. The number of anilines is 1. The summed E-state index contributed by atoms with van der Waals surface area (Å²) in [5, 5.41) is 0. The lowest BCUT2D eigenvalue weighted by Gasteiger charge is -2.10. The van der Waals surface area contributed by atoms with E-state index in [1.807, 2.05) is 47.0 Å². The maximum Gasteiger partial charge on any atom is 0.205 e. The zero-order valence-electron chi connectivity index (χ0n) is 12.2. The van der Waals surface area contributed by atoms with Gasteiger partial charge in [0.1, 0.15) is 5.76 Å². The van der Waals surface area contributed by atoms with Crippen LogP contribution in [0.25, 0.3) is 28.0 Å². The Morgan fingerprint density at radius 3 is 2.73 bits per heavy atom. The number of nitrogens with two attached hydrogens (primary N) is 1. The molecule has 2 heterocycles. The third kappa shape index (κ3) is 1.89. The lowest BCUT2D eigenvalue weighted by molar-refractivity contribution is 0.582. The summed E-state index contributed by atoms with van der Waals surface area (Å²) in [6, 6.07) is 18.0. The van der Waals surface area contributed by atoms with Crippen molar-refractivity contribution in [3.63, 3.8) is 0 Å². The number of aryl methyl sites for hydroxylation is 1. The second-order valence-corrected chi connectivity index (χ2v) is 5.27. The molecule has 4 rings (SSSR count). The van der Waals surface area contributed by atoms with Gasteiger partial charge < -0.3 is 10.2 Å². The van der Waals surface area contributed by atoms with E-state index in [2.05, 4.69) is 24.0 Å². The van der Waals surface area contributed by atoms with Crippen LogP contribution in [-0.2, 0) is 0 Å². The molecule has 0 amide bonds. The van der Waals surface area contributed by atoms with Crippen LogP contribution in [0.5, 0.6) is 0 Å². The van der Waals surface area contributed by atoms with Crippen LogP contribution in [0.1, 0.15) is 5.56 Å². The summed E-state index contributed by atoms with van der Waals surface area (Å²) in [4.78, 5) is 4.42. The largest absolute Gasteiger partial charge is 0.464 e. The van der Waals surface area contributed by atoms with Gasteiger partial charge in [0.05, 0.1) is 17.3 Å². The summed E-state index contributed by atoms with van der Waals surface area (Å²) in [6.07, 6.45) is 1.68. The van der Waals surface area contributed by atoms with Crippen LogP contribution in [0, 0.1) is 6.92 Å². The molecule has 2 aromatic heterocycles. The van der Waals surface area contributed by atoms with Crippen LogP contribution in [0.2, 0.25) is 0 Å². The van der Waals surface area contributed by atoms with Crippen molar-refractivity contribution in [2.45, 2.75) is 6.92 Å². The Morgan fingerprint density at radius 1 is 1.05 bits per heavy atom. The zero-order chi connectivity index (χ0) is 15.1. The fourth-order valence-corrected chi connectivity index (χ4v) is 2.76. The normalized spacial score (nSPS) is 11.1. The molecule has 4 aromatic rings. The van der Waals surface area contributed by atoms with Crippen LogP contribution in [0.3, 0.4) is 0 Å². The number of aromatic nitrogens is 2. The predicted octanol–water partition coefficient (Wildman–Crippen LogP) is 4.18. The highest BCUT2D eigenvalue weighted by Gasteiger charge is 2.12. The number of imidazole rings is 1. The molecule has 0 atom stereocenters. The fraction of sp³-hybridized carbons (Fsp3) is 0.0556. The lowest BCUT2D eigenvalue weighted by Crippen LogP contribution is -2.01. The van der Waals surface area contributed by atoms with Crippen LogP contribution in [0.4, 0.5) is 5.95 Å². The number of hydrogen-bond donors (Lipinski definition) is 1. The molecule has 0 fully saturated rings. The molecule has 0 spiro atoms. The van der Waals surface area contributed by atoms with Crippen LogP contribution >= 0.6 is 0 Å². The molecule has 108 valence electrons. The highest BCUT2D eigenvalue weighted by molar-refractivity contribution is 5.81. The topological polar surface area (TPSA) is 57.0 Å². The van der Waals surface area contributed by atoms with Gasteiger partial charge in [-0.25, -0.2) is 4.98 Å².